The van der Waals surface area contributed by atoms with Gasteiger partial charge in [-0.25, -0.2) is 8.78 Å². The van der Waals surface area contributed by atoms with Crippen LogP contribution in [0, 0.1) is 11.6 Å². The van der Waals surface area contributed by atoms with Gasteiger partial charge >= 0.3 is 0 Å². The van der Waals surface area contributed by atoms with Crippen molar-refractivity contribution in [2.75, 3.05) is 11.9 Å². The number of rotatable bonds is 6. The topological polar surface area (TPSA) is 81.6 Å². The first-order valence-corrected chi connectivity index (χ1v) is 9.17. The van der Waals surface area contributed by atoms with Crippen LogP contribution >= 0.6 is 0 Å². The minimum Gasteiger partial charge on any atom is -0.508 e. The molecule has 1 amide bonds. The van der Waals surface area contributed by atoms with Crippen LogP contribution in [0.1, 0.15) is 43.1 Å². The van der Waals surface area contributed by atoms with E-state index in [0.717, 1.165) is 11.6 Å². The molecule has 3 rings (SSSR count). The lowest BCUT2D eigenvalue weighted by molar-refractivity contribution is -0.116. The van der Waals surface area contributed by atoms with Gasteiger partial charge in [-0.05, 0) is 55.5 Å². The Kier molecular flexibility index (Phi) is 5.67. The lowest BCUT2D eigenvalue weighted by atomic mass is 9.91. The number of β-amino-alcohol motifs (C(OH)–C–C–N with tert-alkyl or cyclic N) is 1. The highest BCUT2D eigenvalue weighted by molar-refractivity contribution is 5.94. The van der Waals surface area contributed by atoms with E-state index in [0.29, 0.717) is 36.1 Å². The molecule has 4 N–H and O–H groups in total. The molecule has 2 aromatic rings. The van der Waals surface area contributed by atoms with Crippen molar-refractivity contribution < 1.29 is 23.8 Å². The number of hydrogen-bond acceptors (Lipinski definition) is 4. The van der Waals surface area contributed by atoms with E-state index in [1.54, 1.807) is 0 Å². The molecule has 0 fully saturated rings. The van der Waals surface area contributed by atoms with E-state index in [-0.39, 0.29) is 18.2 Å². The first kappa shape index (κ1) is 20.2. The molecule has 7 heteroatoms. The molecule has 1 unspecified atom stereocenters. The maximum absolute atomic E-state index is 13.9. The monoisotopic (exact) mass is 390 g/mol. The Labute approximate surface area is 162 Å². The molecule has 1 aliphatic rings. The fraction of sp³-hybridized carbons (Fsp3) is 0.381. The van der Waals surface area contributed by atoms with Crippen molar-refractivity contribution in [3.05, 3.63) is 58.7 Å². The molecular weight excluding hydrogens is 366 g/mol. The average Bonchev–Trinajstić information content (AvgIpc) is 2.61. The zero-order valence-electron chi connectivity index (χ0n) is 15.9. The zero-order valence-corrected chi connectivity index (χ0v) is 15.9. The summed E-state index contributed by atoms with van der Waals surface area (Å²) in [5, 5.41) is 26.5. The molecular formula is C21H24F2N2O3. The molecule has 0 saturated heterocycles. The van der Waals surface area contributed by atoms with Gasteiger partial charge in [0, 0.05) is 36.3 Å². The second-order valence-electron chi connectivity index (χ2n) is 7.80. The van der Waals surface area contributed by atoms with Crippen molar-refractivity contribution in [3.63, 3.8) is 0 Å². The summed E-state index contributed by atoms with van der Waals surface area (Å²) in [5.74, 6) is -1.39. The first-order chi connectivity index (χ1) is 13.1. The molecule has 0 saturated carbocycles. The Bertz CT molecular complexity index is 899. The summed E-state index contributed by atoms with van der Waals surface area (Å²) in [4.78, 5) is 11.6. The number of aliphatic hydroxyl groups excluding tert-OH is 1. The number of aliphatic hydroxyl groups is 1. The highest BCUT2D eigenvalue weighted by Crippen LogP contribution is 2.34. The van der Waals surface area contributed by atoms with Gasteiger partial charge in [-0.3, -0.25) is 4.79 Å². The number of amides is 1. The third kappa shape index (κ3) is 4.66. The van der Waals surface area contributed by atoms with E-state index in [4.69, 9.17) is 0 Å². The molecule has 0 radical (unpaired) electrons. The number of nitrogens with one attached hydrogen (secondary N) is 2. The summed E-state index contributed by atoms with van der Waals surface area (Å²) in [6.07, 6.45) is 0.186. The van der Waals surface area contributed by atoms with Gasteiger partial charge in [0.15, 0.2) is 0 Å². The number of hydrogen-bond donors (Lipinski definition) is 4. The van der Waals surface area contributed by atoms with E-state index in [9.17, 15) is 23.8 Å². The Morgan fingerprint density at radius 3 is 2.68 bits per heavy atom. The van der Waals surface area contributed by atoms with Crippen LogP contribution in [0.3, 0.4) is 0 Å². The van der Waals surface area contributed by atoms with Crippen LogP contribution in [0.4, 0.5) is 14.5 Å². The van der Waals surface area contributed by atoms with Crippen LogP contribution in [0.15, 0.2) is 30.3 Å². The lowest BCUT2D eigenvalue weighted by Gasteiger charge is -2.29. The number of phenols is 1. The number of carbonyl (C=O) groups excluding carboxylic acids is 1. The largest absolute Gasteiger partial charge is 0.508 e. The van der Waals surface area contributed by atoms with Crippen molar-refractivity contribution in [1.82, 2.24) is 5.32 Å². The summed E-state index contributed by atoms with van der Waals surface area (Å²) in [6, 6.07) is 6.45. The lowest BCUT2D eigenvalue weighted by Crippen LogP contribution is -2.43. The van der Waals surface area contributed by atoms with Gasteiger partial charge in [0.25, 0.3) is 0 Å². The van der Waals surface area contributed by atoms with Crippen molar-refractivity contribution in [3.8, 4) is 5.75 Å². The third-order valence-electron chi connectivity index (χ3n) is 4.93. The number of phenolic OH excluding ortho intramolecular Hbond substituents is 1. The zero-order chi connectivity index (χ0) is 20.5. The summed E-state index contributed by atoms with van der Waals surface area (Å²) >= 11 is 0. The summed E-state index contributed by atoms with van der Waals surface area (Å²) < 4.78 is 27.0. The normalized spacial score (nSPS) is 15.1. The average molecular weight is 390 g/mol. The minimum atomic E-state index is -0.923. The summed E-state index contributed by atoms with van der Waals surface area (Å²) in [6.45, 7) is 3.89. The van der Waals surface area contributed by atoms with E-state index in [1.807, 2.05) is 13.8 Å². The Morgan fingerprint density at radius 2 is 1.96 bits per heavy atom. The van der Waals surface area contributed by atoms with Crippen LogP contribution in [-0.4, -0.2) is 28.2 Å². The van der Waals surface area contributed by atoms with E-state index in [1.165, 1.54) is 24.3 Å². The van der Waals surface area contributed by atoms with Gasteiger partial charge in [0.05, 0.1) is 6.10 Å². The fourth-order valence-corrected chi connectivity index (χ4v) is 3.50. The standard InChI is InChI=1S/C21H24F2N2O3/c1-21(2,10-12-3-4-13(22)7-17(12)23)24-11-19(27)16-8-14(26)9-18-15(16)5-6-20(28)25-18/h3-4,7-9,19,24,26-27H,5-6,10-11H2,1-2H3,(H,25,28). The van der Waals surface area contributed by atoms with E-state index < -0.39 is 23.3 Å². The highest BCUT2D eigenvalue weighted by atomic mass is 19.1. The Morgan fingerprint density at radius 1 is 1.21 bits per heavy atom. The predicted octanol–water partition coefficient (Wildman–Crippen LogP) is 3.20. The van der Waals surface area contributed by atoms with Gasteiger partial charge in [-0.2, -0.15) is 0 Å². The molecule has 0 aromatic heterocycles. The van der Waals surface area contributed by atoms with Gasteiger partial charge in [0.2, 0.25) is 5.91 Å². The number of anilines is 1. The SMILES string of the molecule is CC(C)(Cc1ccc(F)cc1F)NCC(O)c1cc(O)cc2c1CCC(=O)N2. The van der Waals surface area contributed by atoms with Gasteiger partial charge in [-0.15, -0.1) is 0 Å². The van der Waals surface area contributed by atoms with Crippen molar-refractivity contribution in [2.24, 2.45) is 0 Å². The van der Waals surface area contributed by atoms with Crippen molar-refractivity contribution in [1.29, 1.82) is 0 Å². The summed E-state index contributed by atoms with van der Waals surface area (Å²) in [7, 11) is 0. The second-order valence-corrected chi connectivity index (χ2v) is 7.80. The van der Waals surface area contributed by atoms with Crippen LogP contribution in [-0.2, 0) is 17.6 Å². The quantitative estimate of drug-likeness (QED) is 0.611. The number of benzene rings is 2. The molecule has 28 heavy (non-hydrogen) atoms. The number of fused-ring (bicyclic) bond motifs is 1. The fourth-order valence-electron chi connectivity index (χ4n) is 3.50. The number of halogens is 2. The molecule has 5 nitrogen and oxygen atoms in total. The maximum atomic E-state index is 13.9. The Hall–Kier alpha value is -2.51. The van der Waals surface area contributed by atoms with Crippen molar-refractivity contribution in [2.45, 2.75) is 44.8 Å². The highest BCUT2D eigenvalue weighted by Gasteiger charge is 2.25. The molecule has 0 spiro atoms. The molecule has 1 heterocycles. The van der Waals surface area contributed by atoms with Crippen LogP contribution < -0.4 is 10.6 Å². The smallest absolute Gasteiger partial charge is 0.224 e. The number of carbonyl (C=O) groups is 1. The molecule has 150 valence electrons. The second kappa shape index (κ2) is 7.85. The van der Waals surface area contributed by atoms with E-state index in [2.05, 4.69) is 10.6 Å². The molecule has 1 aliphatic heterocycles. The van der Waals surface area contributed by atoms with Gasteiger partial charge in [0.1, 0.15) is 17.4 Å². The van der Waals surface area contributed by atoms with Crippen molar-refractivity contribution >= 4 is 11.6 Å². The van der Waals surface area contributed by atoms with Crippen LogP contribution in [0.5, 0.6) is 5.75 Å². The summed E-state index contributed by atoms with van der Waals surface area (Å²) in [5.41, 5.74) is 1.68. The third-order valence-corrected chi connectivity index (χ3v) is 4.93. The first-order valence-electron chi connectivity index (χ1n) is 9.17. The molecule has 2 aromatic carbocycles. The predicted molar refractivity (Wildman–Crippen MR) is 102 cm³/mol. The van der Waals surface area contributed by atoms with Gasteiger partial charge < -0.3 is 20.8 Å². The van der Waals surface area contributed by atoms with E-state index >= 15 is 0 Å². The van der Waals surface area contributed by atoms with Crippen LogP contribution in [0.25, 0.3) is 0 Å². The van der Waals surface area contributed by atoms with Crippen LogP contribution in [0.2, 0.25) is 0 Å². The number of aromatic hydroxyl groups is 1. The molecule has 0 aliphatic carbocycles. The maximum Gasteiger partial charge on any atom is 0.224 e. The molecule has 1 atom stereocenters. The Balaban J connectivity index is 1.71. The minimum absolute atomic E-state index is 0.0392. The van der Waals surface area contributed by atoms with Gasteiger partial charge in [-0.1, -0.05) is 6.07 Å². The molecule has 0 bridgehead atoms.